The van der Waals surface area contributed by atoms with Gasteiger partial charge >= 0.3 is 12.1 Å². The van der Waals surface area contributed by atoms with Gasteiger partial charge in [0.2, 0.25) is 5.91 Å². The second-order valence-corrected chi connectivity index (χ2v) is 5.46. The minimum atomic E-state index is -5.08. The van der Waals surface area contributed by atoms with Gasteiger partial charge in [0.25, 0.3) is 0 Å². The lowest BCUT2D eigenvalue weighted by molar-refractivity contribution is -0.192. The Kier molecular flexibility index (Phi) is 7.95. The number of rotatable bonds is 5. The first-order valence-corrected chi connectivity index (χ1v) is 7.86. The van der Waals surface area contributed by atoms with Gasteiger partial charge in [0, 0.05) is 18.9 Å². The predicted octanol–water partition coefficient (Wildman–Crippen LogP) is 2.84. The van der Waals surface area contributed by atoms with Crippen molar-refractivity contribution in [2.24, 2.45) is 0 Å². The molecule has 6 nitrogen and oxygen atoms in total. The Morgan fingerprint density at radius 2 is 1.93 bits per heavy atom. The molecule has 0 fully saturated rings. The van der Waals surface area contributed by atoms with Gasteiger partial charge in [-0.3, -0.25) is 4.79 Å². The lowest BCUT2D eigenvalue weighted by Crippen LogP contribution is -2.26. The van der Waals surface area contributed by atoms with Crippen LogP contribution in [0.2, 0.25) is 0 Å². The Morgan fingerprint density at radius 1 is 1.30 bits per heavy atom. The summed E-state index contributed by atoms with van der Waals surface area (Å²) in [6.45, 7) is 5.08. The number of hydrogen-bond donors (Lipinski definition) is 2. The van der Waals surface area contributed by atoms with Crippen molar-refractivity contribution in [2.75, 3.05) is 0 Å². The fourth-order valence-corrected chi connectivity index (χ4v) is 2.04. The zero-order chi connectivity index (χ0) is 20.6. The van der Waals surface area contributed by atoms with E-state index in [1.54, 1.807) is 12.3 Å². The van der Waals surface area contributed by atoms with Crippen LogP contribution in [0.15, 0.2) is 30.6 Å². The Hall–Kier alpha value is -2.91. The zero-order valence-electron chi connectivity index (χ0n) is 14.7. The van der Waals surface area contributed by atoms with Crippen LogP contribution in [-0.2, 0) is 29.1 Å². The van der Waals surface area contributed by atoms with Crippen molar-refractivity contribution in [3.8, 4) is 0 Å². The summed E-state index contributed by atoms with van der Waals surface area (Å²) in [6, 6.07) is 4.48. The molecule has 0 saturated heterocycles. The van der Waals surface area contributed by atoms with E-state index in [4.69, 9.17) is 9.90 Å². The van der Waals surface area contributed by atoms with Gasteiger partial charge in [0.15, 0.2) is 0 Å². The number of benzene rings is 1. The summed E-state index contributed by atoms with van der Waals surface area (Å²) in [5.74, 6) is -2.39. The molecule has 1 aromatic heterocycles. The number of carbonyl (C=O) groups is 2. The molecule has 0 aliphatic rings. The Labute approximate surface area is 152 Å². The second-order valence-electron chi connectivity index (χ2n) is 5.46. The number of nitrogens with zero attached hydrogens (tertiary/aromatic N) is 2. The highest BCUT2D eigenvalue weighted by molar-refractivity contribution is 5.78. The highest BCUT2D eigenvalue weighted by atomic mass is 19.4. The Morgan fingerprint density at radius 3 is 2.48 bits per heavy atom. The van der Waals surface area contributed by atoms with E-state index in [0.29, 0.717) is 12.1 Å². The molecule has 0 radical (unpaired) electrons. The Balaban J connectivity index is 0.000000445. The number of aromatic nitrogens is 2. The molecule has 148 valence electrons. The number of carboxylic acids is 1. The minimum absolute atomic E-state index is 0.135. The normalized spacial score (nSPS) is 10.7. The molecule has 1 amide bonds. The number of amides is 1. The van der Waals surface area contributed by atoms with Gasteiger partial charge in [0.1, 0.15) is 11.6 Å². The van der Waals surface area contributed by atoms with Gasteiger partial charge in [0.05, 0.1) is 13.0 Å². The van der Waals surface area contributed by atoms with Crippen LogP contribution in [0.25, 0.3) is 0 Å². The topological polar surface area (TPSA) is 84.2 Å². The average Bonchev–Trinajstić information content (AvgIpc) is 3.03. The lowest BCUT2D eigenvalue weighted by atomic mass is 10.1. The summed E-state index contributed by atoms with van der Waals surface area (Å²) in [5.41, 5.74) is 1.62. The molecule has 0 saturated carbocycles. The molecule has 2 aromatic rings. The van der Waals surface area contributed by atoms with E-state index in [0.717, 1.165) is 17.9 Å². The van der Waals surface area contributed by atoms with E-state index < -0.39 is 12.1 Å². The van der Waals surface area contributed by atoms with Crippen LogP contribution in [-0.4, -0.2) is 32.7 Å². The molecular formula is C17H19F4N3O3. The van der Waals surface area contributed by atoms with Gasteiger partial charge in [-0.25, -0.2) is 14.2 Å². The van der Waals surface area contributed by atoms with Crippen LogP contribution >= 0.6 is 0 Å². The molecule has 0 aliphatic carbocycles. The fourth-order valence-electron chi connectivity index (χ4n) is 2.04. The molecule has 2 rings (SSSR count). The third kappa shape index (κ3) is 7.47. The number of hydrogen-bond acceptors (Lipinski definition) is 3. The van der Waals surface area contributed by atoms with Gasteiger partial charge in [-0.1, -0.05) is 6.07 Å². The number of carboxylic acid groups (broad SMARTS) is 1. The maximum Gasteiger partial charge on any atom is 0.490 e. The maximum atomic E-state index is 13.2. The minimum Gasteiger partial charge on any atom is -0.475 e. The SMILES string of the molecule is CCn1ccnc1CNC(=O)Cc1cc(F)ccc1C.O=C(O)C(F)(F)F. The fraction of sp³-hybridized carbons (Fsp3) is 0.353. The van der Waals surface area contributed by atoms with Crippen LogP contribution in [0.4, 0.5) is 17.6 Å². The van der Waals surface area contributed by atoms with Crippen molar-refractivity contribution in [3.05, 3.63) is 53.4 Å². The van der Waals surface area contributed by atoms with Crippen LogP contribution in [0.1, 0.15) is 23.9 Å². The van der Waals surface area contributed by atoms with Crippen molar-refractivity contribution in [1.82, 2.24) is 14.9 Å². The van der Waals surface area contributed by atoms with Crippen molar-refractivity contribution < 1.29 is 32.3 Å². The number of imidazole rings is 1. The molecule has 0 bridgehead atoms. The van der Waals surface area contributed by atoms with Crippen molar-refractivity contribution in [2.45, 2.75) is 39.5 Å². The van der Waals surface area contributed by atoms with Gasteiger partial charge in [-0.2, -0.15) is 13.2 Å². The molecule has 1 aromatic carbocycles. The van der Waals surface area contributed by atoms with Crippen LogP contribution in [0.3, 0.4) is 0 Å². The summed E-state index contributed by atoms with van der Waals surface area (Å²) >= 11 is 0. The lowest BCUT2D eigenvalue weighted by Gasteiger charge is -2.08. The summed E-state index contributed by atoms with van der Waals surface area (Å²) in [4.78, 5) is 25.0. The summed E-state index contributed by atoms with van der Waals surface area (Å²) in [7, 11) is 0. The van der Waals surface area contributed by atoms with Crippen LogP contribution < -0.4 is 5.32 Å². The van der Waals surface area contributed by atoms with Gasteiger partial charge in [-0.05, 0) is 37.1 Å². The molecule has 27 heavy (non-hydrogen) atoms. The molecule has 1 heterocycles. The molecule has 2 N–H and O–H groups in total. The van der Waals surface area contributed by atoms with Crippen LogP contribution in [0.5, 0.6) is 0 Å². The summed E-state index contributed by atoms with van der Waals surface area (Å²) < 4.78 is 46.9. The number of aliphatic carboxylic acids is 1. The summed E-state index contributed by atoms with van der Waals surface area (Å²) in [5, 5.41) is 9.94. The smallest absolute Gasteiger partial charge is 0.475 e. The number of halogens is 4. The molecule has 0 aliphatic heterocycles. The van der Waals surface area contributed by atoms with E-state index in [2.05, 4.69) is 10.3 Å². The molecular weight excluding hydrogens is 370 g/mol. The standard InChI is InChI=1S/C15H18FN3O.C2HF3O2/c1-3-19-7-6-17-14(19)10-18-15(20)9-12-8-13(16)5-4-11(12)2;3-2(4,5)1(6)7/h4-8H,3,9-10H2,1-2H3,(H,18,20);(H,6,7). The third-order valence-electron chi connectivity index (χ3n) is 3.49. The van der Waals surface area contributed by atoms with Crippen molar-refractivity contribution >= 4 is 11.9 Å². The Bertz CT molecular complexity index is 788. The number of carbonyl (C=O) groups excluding carboxylic acids is 1. The first kappa shape index (κ1) is 22.1. The third-order valence-corrected chi connectivity index (χ3v) is 3.49. The molecule has 0 spiro atoms. The first-order chi connectivity index (χ1) is 12.5. The molecule has 10 heteroatoms. The second kappa shape index (κ2) is 9.70. The predicted molar refractivity (Wildman–Crippen MR) is 88.3 cm³/mol. The molecule has 0 atom stereocenters. The van der Waals surface area contributed by atoms with Gasteiger partial charge < -0.3 is 15.0 Å². The molecule has 0 unspecified atom stereocenters. The van der Waals surface area contributed by atoms with E-state index >= 15 is 0 Å². The number of aryl methyl sites for hydroxylation is 2. The van der Waals surface area contributed by atoms with E-state index in [1.165, 1.54) is 12.1 Å². The monoisotopic (exact) mass is 389 g/mol. The number of nitrogens with one attached hydrogen (secondary N) is 1. The maximum absolute atomic E-state index is 13.2. The van der Waals surface area contributed by atoms with E-state index in [-0.39, 0.29) is 18.1 Å². The highest BCUT2D eigenvalue weighted by Gasteiger charge is 2.38. The van der Waals surface area contributed by atoms with E-state index in [1.807, 2.05) is 24.6 Å². The van der Waals surface area contributed by atoms with Crippen molar-refractivity contribution in [3.63, 3.8) is 0 Å². The van der Waals surface area contributed by atoms with Crippen LogP contribution in [0, 0.1) is 12.7 Å². The quantitative estimate of drug-likeness (QED) is 0.771. The van der Waals surface area contributed by atoms with E-state index in [9.17, 15) is 22.4 Å². The van der Waals surface area contributed by atoms with Gasteiger partial charge in [-0.15, -0.1) is 0 Å². The first-order valence-electron chi connectivity index (χ1n) is 7.86. The van der Waals surface area contributed by atoms with Crippen molar-refractivity contribution in [1.29, 1.82) is 0 Å². The number of alkyl halides is 3. The largest absolute Gasteiger partial charge is 0.490 e. The summed E-state index contributed by atoms with van der Waals surface area (Å²) in [6.07, 6.45) is -1.32. The average molecular weight is 389 g/mol. The highest BCUT2D eigenvalue weighted by Crippen LogP contribution is 2.13. The zero-order valence-corrected chi connectivity index (χ0v) is 14.7.